The van der Waals surface area contributed by atoms with Gasteiger partial charge in [0.1, 0.15) is 0 Å². The van der Waals surface area contributed by atoms with Gasteiger partial charge in [0.05, 0.1) is 6.10 Å². The van der Waals surface area contributed by atoms with Gasteiger partial charge in [0.25, 0.3) is 0 Å². The fourth-order valence-electron chi connectivity index (χ4n) is 1.30. The molecular formula is C13H22N2O. The Kier molecular flexibility index (Phi) is 4.74. The van der Waals surface area contributed by atoms with E-state index < -0.39 is 0 Å². The third-order valence-corrected chi connectivity index (χ3v) is 2.94. The molecule has 16 heavy (non-hydrogen) atoms. The summed E-state index contributed by atoms with van der Waals surface area (Å²) in [5.41, 5.74) is 1.11. The Morgan fingerprint density at radius 1 is 1.25 bits per heavy atom. The fraction of sp³-hybridized carbons (Fsp3) is 0.615. The monoisotopic (exact) mass is 222 g/mol. The predicted molar refractivity (Wildman–Crippen MR) is 66.6 cm³/mol. The first-order chi connectivity index (χ1) is 7.56. The molecule has 0 spiro atoms. The van der Waals surface area contributed by atoms with Crippen LogP contribution in [0.15, 0.2) is 18.3 Å². The second kappa shape index (κ2) is 5.85. The average molecular weight is 222 g/mol. The average Bonchev–Trinajstić information content (AvgIpc) is 2.28. The largest absolute Gasteiger partial charge is 0.474 e. The molecule has 1 aromatic rings. The van der Waals surface area contributed by atoms with Crippen LogP contribution in [0.4, 0.5) is 0 Å². The maximum Gasteiger partial charge on any atom is 0.218 e. The summed E-state index contributed by atoms with van der Waals surface area (Å²) in [6.45, 7) is 8.47. The van der Waals surface area contributed by atoms with E-state index in [1.54, 1.807) is 6.20 Å². The molecule has 0 aliphatic heterocycles. The Hall–Kier alpha value is -1.09. The molecule has 0 saturated carbocycles. The van der Waals surface area contributed by atoms with E-state index in [0.717, 1.165) is 11.4 Å². The predicted octanol–water partition coefficient (Wildman–Crippen LogP) is 2.79. The summed E-state index contributed by atoms with van der Waals surface area (Å²) in [7, 11) is 1.94. The van der Waals surface area contributed by atoms with Crippen LogP contribution in [0.25, 0.3) is 0 Å². The lowest BCUT2D eigenvalue weighted by Gasteiger charge is -2.21. The number of nitrogens with zero attached hydrogens (tertiary/aromatic N) is 1. The normalized spacial score (nSPS) is 14.9. The van der Waals surface area contributed by atoms with Gasteiger partial charge in [-0.15, -0.1) is 0 Å². The first-order valence-electron chi connectivity index (χ1n) is 5.85. The lowest BCUT2D eigenvalue weighted by Crippen LogP contribution is -2.22. The van der Waals surface area contributed by atoms with Crippen LogP contribution < -0.4 is 10.1 Å². The van der Waals surface area contributed by atoms with Crippen molar-refractivity contribution in [1.29, 1.82) is 0 Å². The van der Waals surface area contributed by atoms with E-state index in [2.05, 4.69) is 44.1 Å². The Labute approximate surface area is 98.2 Å². The van der Waals surface area contributed by atoms with Crippen molar-refractivity contribution in [3.8, 4) is 5.88 Å². The Balaban J connectivity index is 2.86. The zero-order valence-corrected chi connectivity index (χ0v) is 10.8. The maximum atomic E-state index is 5.88. The molecule has 0 fully saturated rings. The minimum atomic E-state index is 0.178. The van der Waals surface area contributed by atoms with Gasteiger partial charge < -0.3 is 10.1 Å². The van der Waals surface area contributed by atoms with E-state index in [9.17, 15) is 0 Å². The molecule has 0 amide bonds. The SMILES string of the molecule is CNC(C)c1cccnc1OC(C)C(C)C. The van der Waals surface area contributed by atoms with Crippen molar-refractivity contribution in [2.75, 3.05) is 7.05 Å². The van der Waals surface area contributed by atoms with Gasteiger partial charge in [0.2, 0.25) is 5.88 Å². The molecule has 0 aliphatic carbocycles. The van der Waals surface area contributed by atoms with Crippen LogP contribution in [0.3, 0.4) is 0 Å². The highest BCUT2D eigenvalue weighted by molar-refractivity contribution is 5.28. The van der Waals surface area contributed by atoms with Gasteiger partial charge in [-0.3, -0.25) is 0 Å². The summed E-state index contributed by atoms with van der Waals surface area (Å²) in [6.07, 6.45) is 1.95. The van der Waals surface area contributed by atoms with Crippen LogP contribution in [0, 0.1) is 5.92 Å². The van der Waals surface area contributed by atoms with Crippen molar-refractivity contribution in [1.82, 2.24) is 10.3 Å². The third-order valence-electron chi connectivity index (χ3n) is 2.94. The van der Waals surface area contributed by atoms with Crippen molar-refractivity contribution < 1.29 is 4.74 Å². The van der Waals surface area contributed by atoms with Gasteiger partial charge in [-0.25, -0.2) is 4.98 Å². The lowest BCUT2D eigenvalue weighted by molar-refractivity contribution is 0.160. The second-order valence-corrected chi connectivity index (χ2v) is 4.48. The molecule has 1 N–H and O–H groups in total. The maximum absolute atomic E-state index is 5.88. The molecule has 2 unspecified atom stereocenters. The van der Waals surface area contributed by atoms with Crippen molar-refractivity contribution >= 4 is 0 Å². The molecule has 2 atom stereocenters. The third kappa shape index (κ3) is 3.20. The molecule has 0 bridgehead atoms. The summed E-state index contributed by atoms with van der Waals surface area (Å²) in [6, 6.07) is 4.25. The smallest absolute Gasteiger partial charge is 0.218 e. The van der Waals surface area contributed by atoms with Crippen molar-refractivity contribution in [2.24, 2.45) is 5.92 Å². The summed E-state index contributed by atoms with van der Waals surface area (Å²) in [5, 5.41) is 3.20. The molecule has 0 saturated heterocycles. The van der Waals surface area contributed by atoms with Crippen LogP contribution >= 0.6 is 0 Å². The van der Waals surface area contributed by atoms with Crippen LogP contribution in [0.1, 0.15) is 39.3 Å². The van der Waals surface area contributed by atoms with E-state index in [1.807, 2.05) is 13.1 Å². The van der Waals surface area contributed by atoms with Crippen LogP contribution in [0.2, 0.25) is 0 Å². The van der Waals surface area contributed by atoms with Gasteiger partial charge in [0.15, 0.2) is 0 Å². The van der Waals surface area contributed by atoms with E-state index in [4.69, 9.17) is 4.74 Å². The summed E-state index contributed by atoms with van der Waals surface area (Å²) < 4.78 is 5.88. The number of aromatic nitrogens is 1. The molecule has 0 aromatic carbocycles. The molecule has 90 valence electrons. The van der Waals surface area contributed by atoms with Crippen LogP contribution in [-0.2, 0) is 0 Å². The summed E-state index contributed by atoms with van der Waals surface area (Å²) in [5.74, 6) is 1.23. The topological polar surface area (TPSA) is 34.2 Å². The van der Waals surface area contributed by atoms with Crippen molar-refractivity contribution in [2.45, 2.75) is 39.8 Å². The highest BCUT2D eigenvalue weighted by Crippen LogP contribution is 2.23. The minimum Gasteiger partial charge on any atom is -0.474 e. The van der Waals surface area contributed by atoms with E-state index in [-0.39, 0.29) is 12.1 Å². The Bertz CT molecular complexity index is 325. The first-order valence-corrected chi connectivity index (χ1v) is 5.85. The van der Waals surface area contributed by atoms with E-state index in [0.29, 0.717) is 5.92 Å². The number of nitrogens with one attached hydrogen (secondary N) is 1. The molecular weight excluding hydrogens is 200 g/mol. The quantitative estimate of drug-likeness (QED) is 0.831. The molecule has 0 aliphatic rings. The fourth-order valence-corrected chi connectivity index (χ4v) is 1.30. The minimum absolute atomic E-state index is 0.178. The number of pyridine rings is 1. The zero-order valence-electron chi connectivity index (χ0n) is 10.8. The standard InChI is InChI=1S/C13H22N2O/c1-9(2)11(4)16-13-12(10(3)14-5)7-6-8-15-13/h6-11,14H,1-5H3. The van der Waals surface area contributed by atoms with Gasteiger partial charge in [-0.05, 0) is 32.9 Å². The van der Waals surface area contributed by atoms with E-state index >= 15 is 0 Å². The van der Waals surface area contributed by atoms with Gasteiger partial charge in [0, 0.05) is 17.8 Å². The molecule has 0 radical (unpaired) electrons. The van der Waals surface area contributed by atoms with Gasteiger partial charge in [-0.2, -0.15) is 0 Å². The van der Waals surface area contributed by atoms with Crippen molar-refractivity contribution in [3.63, 3.8) is 0 Å². The van der Waals surface area contributed by atoms with Crippen LogP contribution in [-0.4, -0.2) is 18.1 Å². The first kappa shape index (κ1) is 13.0. The van der Waals surface area contributed by atoms with Crippen LogP contribution in [0.5, 0.6) is 5.88 Å². The highest BCUT2D eigenvalue weighted by atomic mass is 16.5. The summed E-state index contributed by atoms with van der Waals surface area (Å²) >= 11 is 0. The molecule has 3 heteroatoms. The number of hydrogen-bond acceptors (Lipinski definition) is 3. The summed E-state index contributed by atoms with van der Waals surface area (Å²) in [4.78, 5) is 4.31. The molecule has 1 rings (SSSR count). The number of ether oxygens (including phenoxy) is 1. The van der Waals surface area contributed by atoms with Gasteiger partial charge >= 0.3 is 0 Å². The molecule has 3 nitrogen and oxygen atoms in total. The lowest BCUT2D eigenvalue weighted by atomic mass is 10.1. The number of rotatable bonds is 5. The Morgan fingerprint density at radius 3 is 2.50 bits per heavy atom. The van der Waals surface area contributed by atoms with E-state index in [1.165, 1.54) is 0 Å². The molecule has 1 aromatic heterocycles. The second-order valence-electron chi connectivity index (χ2n) is 4.48. The van der Waals surface area contributed by atoms with Crippen molar-refractivity contribution in [3.05, 3.63) is 23.9 Å². The Morgan fingerprint density at radius 2 is 1.94 bits per heavy atom. The zero-order chi connectivity index (χ0) is 12.1. The van der Waals surface area contributed by atoms with Gasteiger partial charge in [-0.1, -0.05) is 19.9 Å². The highest BCUT2D eigenvalue weighted by Gasteiger charge is 2.15. The number of hydrogen-bond donors (Lipinski definition) is 1. The molecule has 1 heterocycles.